The van der Waals surface area contributed by atoms with Crippen LogP contribution in [0.25, 0.3) is 0 Å². The third-order valence-electron chi connectivity index (χ3n) is 2.81. The number of thiol groups is 1. The van der Waals surface area contributed by atoms with E-state index in [1.54, 1.807) is 0 Å². The van der Waals surface area contributed by atoms with Crippen molar-refractivity contribution in [1.29, 1.82) is 0 Å². The van der Waals surface area contributed by atoms with Crippen molar-refractivity contribution in [3.63, 3.8) is 0 Å². The Morgan fingerprint density at radius 1 is 1.46 bits per heavy atom. The molecule has 1 fully saturated rings. The van der Waals surface area contributed by atoms with E-state index < -0.39 is 0 Å². The first-order chi connectivity index (χ1) is 6.34. The van der Waals surface area contributed by atoms with Crippen molar-refractivity contribution in [3.8, 4) is 0 Å². The zero-order valence-electron chi connectivity index (χ0n) is 8.63. The molecule has 13 heavy (non-hydrogen) atoms. The molecule has 0 aliphatic carbocycles. The van der Waals surface area contributed by atoms with Crippen molar-refractivity contribution in [2.75, 3.05) is 32.4 Å². The molecule has 1 unspecified atom stereocenters. The Bertz CT molecular complexity index is 122. The van der Waals surface area contributed by atoms with Gasteiger partial charge in [-0.25, -0.2) is 0 Å². The first kappa shape index (κ1) is 11.3. The van der Waals surface area contributed by atoms with Gasteiger partial charge in [-0.05, 0) is 45.2 Å². The van der Waals surface area contributed by atoms with Crippen LogP contribution in [0.1, 0.15) is 25.7 Å². The molecule has 0 amide bonds. The molecular formula is C10H22N2S. The molecule has 0 saturated carbocycles. The zero-order chi connectivity index (χ0) is 9.52. The molecule has 0 radical (unpaired) electrons. The highest BCUT2D eigenvalue weighted by Crippen LogP contribution is 2.10. The van der Waals surface area contributed by atoms with Gasteiger partial charge >= 0.3 is 0 Å². The van der Waals surface area contributed by atoms with Gasteiger partial charge < -0.3 is 10.2 Å². The molecule has 1 saturated heterocycles. The predicted octanol–water partition coefficient (Wildman–Crippen LogP) is 1.38. The third-order valence-corrected chi connectivity index (χ3v) is 3.13. The van der Waals surface area contributed by atoms with Crippen molar-refractivity contribution in [2.45, 2.75) is 31.7 Å². The van der Waals surface area contributed by atoms with Gasteiger partial charge in [-0.15, -0.1) is 0 Å². The summed E-state index contributed by atoms with van der Waals surface area (Å²) in [6.45, 7) is 3.57. The second-order valence-electron chi connectivity index (χ2n) is 3.91. The summed E-state index contributed by atoms with van der Waals surface area (Å²) in [5.41, 5.74) is 0. The molecule has 1 N–H and O–H groups in total. The quantitative estimate of drug-likeness (QED) is 0.670. The molecule has 1 aliphatic heterocycles. The number of hydrogen-bond acceptors (Lipinski definition) is 3. The first-order valence-electron chi connectivity index (χ1n) is 5.36. The van der Waals surface area contributed by atoms with Crippen molar-refractivity contribution in [3.05, 3.63) is 0 Å². The highest BCUT2D eigenvalue weighted by atomic mass is 32.1. The van der Waals surface area contributed by atoms with Gasteiger partial charge in [0.25, 0.3) is 0 Å². The van der Waals surface area contributed by atoms with Gasteiger partial charge in [-0.2, -0.15) is 12.6 Å². The predicted molar refractivity (Wildman–Crippen MR) is 61.6 cm³/mol. The number of rotatable bonds is 4. The summed E-state index contributed by atoms with van der Waals surface area (Å²) in [5, 5.41) is 3.49. The summed E-state index contributed by atoms with van der Waals surface area (Å²) in [5.74, 6) is 1.00. The van der Waals surface area contributed by atoms with Crippen LogP contribution in [0.5, 0.6) is 0 Å². The van der Waals surface area contributed by atoms with E-state index in [1.165, 1.54) is 45.3 Å². The number of likely N-dealkylation sites (N-methyl/N-ethyl adjacent to an activating group) is 1. The maximum Gasteiger partial charge on any atom is 0.0217 e. The fourth-order valence-electron chi connectivity index (χ4n) is 1.88. The minimum absolute atomic E-state index is 0.752. The molecule has 0 bridgehead atoms. The highest BCUT2D eigenvalue weighted by Gasteiger charge is 2.15. The lowest BCUT2D eigenvalue weighted by Crippen LogP contribution is -2.39. The van der Waals surface area contributed by atoms with Crippen LogP contribution in [0, 0.1) is 0 Å². The zero-order valence-corrected chi connectivity index (χ0v) is 9.52. The minimum atomic E-state index is 0.752. The monoisotopic (exact) mass is 202 g/mol. The molecule has 0 aromatic heterocycles. The summed E-state index contributed by atoms with van der Waals surface area (Å²) in [6.07, 6.45) is 5.28. The van der Waals surface area contributed by atoms with Crippen LogP contribution in [0.4, 0.5) is 0 Å². The Kier molecular flexibility index (Phi) is 5.83. The van der Waals surface area contributed by atoms with Crippen molar-refractivity contribution in [1.82, 2.24) is 10.2 Å². The molecule has 0 spiro atoms. The maximum atomic E-state index is 4.24. The summed E-state index contributed by atoms with van der Waals surface area (Å²) in [4.78, 5) is 2.48. The summed E-state index contributed by atoms with van der Waals surface area (Å²) < 4.78 is 0. The summed E-state index contributed by atoms with van der Waals surface area (Å²) in [6, 6.07) is 0.752. The van der Waals surface area contributed by atoms with Gasteiger partial charge in [-0.3, -0.25) is 0 Å². The smallest absolute Gasteiger partial charge is 0.0217 e. The largest absolute Gasteiger partial charge is 0.315 e. The van der Waals surface area contributed by atoms with Crippen molar-refractivity contribution >= 4 is 12.6 Å². The molecule has 1 aliphatic rings. The molecule has 0 aromatic rings. The normalized spacial score (nSPS) is 24.7. The Labute approximate surface area is 87.5 Å². The first-order valence-corrected chi connectivity index (χ1v) is 5.99. The fraction of sp³-hybridized carbons (Fsp3) is 1.00. The maximum absolute atomic E-state index is 4.24. The number of hydrogen-bond donors (Lipinski definition) is 2. The highest BCUT2D eigenvalue weighted by molar-refractivity contribution is 7.80. The molecule has 0 aromatic carbocycles. The van der Waals surface area contributed by atoms with Crippen molar-refractivity contribution in [2.24, 2.45) is 0 Å². The van der Waals surface area contributed by atoms with Gasteiger partial charge in [0.1, 0.15) is 0 Å². The van der Waals surface area contributed by atoms with E-state index in [9.17, 15) is 0 Å². The fourth-order valence-corrected chi connectivity index (χ4v) is 2.02. The van der Waals surface area contributed by atoms with E-state index >= 15 is 0 Å². The van der Waals surface area contributed by atoms with Gasteiger partial charge in [0, 0.05) is 12.6 Å². The van der Waals surface area contributed by atoms with Gasteiger partial charge in [0.05, 0.1) is 0 Å². The Morgan fingerprint density at radius 2 is 2.31 bits per heavy atom. The van der Waals surface area contributed by atoms with Gasteiger partial charge in [0.2, 0.25) is 0 Å². The SMILES string of the molecule is CN(CCCS)C1CCCCNC1. The van der Waals surface area contributed by atoms with Gasteiger partial charge in [0.15, 0.2) is 0 Å². The molecule has 3 heteroatoms. The third kappa shape index (κ3) is 4.34. The van der Waals surface area contributed by atoms with E-state index in [-0.39, 0.29) is 0 Å². The van der Waals surface area contributed by atoms with Crippen LogP contribution < -0.4 is 5.32 Å². The summed E-state index contributed by atoms with van der Waals surface area (Å²) in [7, 11) is 2.24. The van der Waals surface area contributed by atoms with Crippen LogP contribution in [0.3, 0.4) is 0 Å². The van der Waals surface area contributed by atoms with E-state index in [2.05, 4.69) is 29.9 Å². The molecule has 78 valence electrons. The van der Waals surface area contributed by atoms with Crippen LogP contribution in [-0.2, 0) is 0 Å². The topological polar surface area (TPSA) is 15.3 Å². The van der Waals surface area contributed by atoms with E-state index in [0.717, 1.165) is 11.8 Å². The number of nitrogens with zero attached hydrogens (tertiary/aromatic N) is 1. The molecular weight excluding hydrogens is 180 g/mol. The second-order valence-corrected chi connectivity index (χ2v) is 4.36. The lowest BCUT2D eigenvalue weighted by molar-refractivity contribution is 0.232. The second kappa shape index (κ2) is 6.68. The minimum Gasteiger partial charge on any atom is -0.315 e. The van der Waals surface area contributed by atoms with Crippen LogP contribution in [0.2, 0.25) is 0 Å². The Morgan fingerprint density at radius 3 is 3.08 bits per heavy atom. The lowest BCUT2D eigenvalue weighted by Gasteiger charge is -2.26. The molecule has 1 heterocycles. The van der Waals surface area contributed by atoms with E-state index in [1.807, 2.05) is 0 Å². The number of nitrogens with one attached hydrogen (secondary N) is 1. The van der Waals surface area contributed by atoms with E-state index in [0.29, 0.717) is 0 Å². The average molecular weight is 202 g/mol. The van der Waals surface area contributed by atoms with Crippen LogP contribution >= 0.6 is 12.6 Å². The van der Waals surface area contributed by atoms with Gasteiger partial charge in [-0.1, -0.05) is 6.42 Å². The van der Waals surface area contributed by atoms with Crippen molar-refractivity contribution < 1.29 is 0 Å². The van der Waals surface area contributed by atoms with Crippen LogP contribution in [0.15, 0.2) is 0 Å². The lowest BCUT2D eigenvalue weighted by atomic mass is 10.1. The summed E-state index contributed by atoms with van der Waals surface area (Å²) >= 11 is 4.24. The Balaban J connectivity index is 2.22. The Hall–Kier alpha value is 0.270. The average Bonchev–Trinajstić information content (AvgIpc) is 2.42. The van der Waals surface area contributed by atoms with E-state index in [4.69, 9.17) is 0 Å². The molecule has 2 nitrogen and oxygen atoms in total. The standard InChI is InChI=1S/C10H22N2S/c1-12(7-4-8-13)10-5-2-3-6-11-9-10/h10-11,13H,2-9H2,1H3. The van der Waals surface area contributed by atoms with Crippen LogP contribution in [-0.4, -0.2) is 43.4 Å². The molecule has 1 rings (SSSR count). The molecule has 1 atom stereocenters.